The molecule has 4 heteroatoms. The Morgan fingerprint density at radius 2 is 2.00 bits per heavy atom. The summed E-state index contributed by atoms with van der Waals surface area (Å²) in [5.41, 5.74) is 1.27. The smallest absolute Gasteiger partial charge is 0.246 e. The average Bonchev–Trinajstić information content (AvgIpc) is 3.29. The Labute approximate surface area is 125 Å². The zero-order valence-corrected chi connectivity index (χ0v) is 12.6. The van der Waals surface area contributed by atoms with Crippen LogP contribution in [0.2, 0.25) is 0 Å². The highest BCUT2D eigenvalue weighted by Crippen LogP contribution is 2.45. The van der Waals surface area contributed by atoms with Gasteiger partial charge in [0, 0.05) is 12.0 Å². The van der Waals surface area contributed by atoms with Gasteiger partial charge in [-0.25, -0.2) is 0 Å². The maximum absolute atomic E-state index is 12.6. The van der Waals surface area contributed by atoms with Gasteiger partial charge in [-0.3, -0.25) is 9.59 Å². The number of piperazine rings is 1. The highest BCUT2D eigenvalue weighted by atomic mass is 16.2. The molecule has 4 unspecified atom stereocenters. The molecule has 1 N–H and O–H groups in total. The topological polar surface area (TPSA) is 49.4 Å². The van der Waals surface area contributed by atoms with E-state index >= 15 is 0 Å². The molecule has 2 aliphatic rings. The maximum Gasteiger partial charge on any atom is 0.246 e. The zero-order chi connectivity index (χ0) is 15.0. The molecule has 21 heavy (non-hydrogen) atoms. The largest absolute Gasteiger partial charge is 0.342 e. The molecule has 1 aromatic rings. The van der Waals surface area contributed by atoms with Gasteiger partial charge in [0.15, 0.2) is 0 Å². The molecule has 1 aliphatic carbocycles. The highest BCUT2D eigenvalue weighted by Gasteiger charge is 2.49. The molecule has 2 fully saturated rings. The summed E-state index contributed by atoms with van der Waals surface area (Å²) in [5, 5.41) is 2.85. The van der Waals surface area contributed by atoms with Crippen LogP contribution in [0, 0.1) is 5.92 Å². The van der Waals surface area contributed by atoms with E-state index in [-0.39, 0.29) is 36.4 Å². The SMILES string of the molecule is CCC(C)C1NC(=O)CN(C2CC2c2ccccc2)C1=O. The molecule has 1 aliphatic heterocycles. The summed E-state index contributed by atoms with van der Waals surface area (Å²) in [7, 11) is 0. The van der Waals surface area contributed by atoms with Crippen molar-refractivity contribution in [3.05, 3.63) is 35.9 Å². The van der Waals surface area contributed by atoms with Crippen LogP contribution in [0.3, 0.4) is 0 Å². The van der Waals surface area contributed by atoms with Gasteiger partial charge < -0.3 is 10.2 Å². The predicted octanol–water partition coefficient (Wildman–Crippen LogP) is 1.92. The van der Waals surface area contributed by atoms with Crippen molar-refractivity contribution in [1.82, 2.24) is 10.2 Å². The van der Waals surface area contributed by atoms with Crippen molar-refractivity contribution in [2.75, 3.05) is 6.54 Å². The first kappa shape index (κ1) is 14.1. The molecule has 4 nitrogen and oxygen atoms in total. The number of carbonyl (C=O) groups excluding carboxylic acids is 2. The van der Waals surface area contributed by atoms with Crippen LogP contribution in [0.15, 0.2) is 30.3 Å². The van der Waals surface area contributed by atoms with E-state index in [1.165, 1.54) is 5.56 Å². The Hall–Kier alpha value is -1.84. The van der Waals surface area contributed by atoms with Crippen LogP contribution in [0.4, 0.5) is 0 Å². The summed E-state index contributed by atoms with van der Waals surface area (Å²) in [6.45, 7) is 4.28. The Kier molecular flexibility index (Phi) is 3.70. The molecule has 1 aromatic carbocycles. The monoisotopic (exact) mass is 286 g/mol. The van der Waals surface area contributed by atoms with Crippen LogP contribution >= 0.6 is 0 Å². The molecular weight excluding hydrogens is 264 g/mol. The van der Waals surface area contributed by atoms with Crippen molar-refractivity contribution in [3.8, 4) is 0 Å². The normalized spacial score (nSPS) is 30.0. The maximum atomic E-state index is 12.6. The lowest BCUT2D eigenvalue weighted by Crippen LogP contribution is -2.60. The molecule has 112 valence electrons. The van der Waals surface area contributed by atoms with Crippen molar-refractivity contribution >= 4 is 11.8 Å². The fourth-order valence-corrected chi connectivity index (χ4v) is 3.18. The van der Waals surface area contributed by atoms with E-state index in [0.717, 1.165) is 12.8 Å². The first-order valence-electron chi connectivity index (χ1n) is 7.76. The van der Waals surface area contributed by atoms with Crippen LogP contribution in [0.5, 0.6) is 0 Å². The zero-order valence-electron chi connectivity index (χ0n) is 12.6. The summed E-state index contributed by atoms with van der Waals surface area (Å²) in [6.07, 6.45) is 1.85. The van der Waals surface area contributed by atoms with Gasteiger partial charge in [0.25, 0.3) is 0 Å². The molecule has 1 saturated heterocycles. The predicted molar refractivity (Wildman–Crippen MR) is 80.7 cm³/mol. The Balaban J connectivity index is 1.74. The van der Waals surface area contributed by atoms with Gasteiger partial charge in [-0.2, -0.15) is 0 Å². The Bertz CT molecular complexity index is 543. The molecule has 0 radical (unpaired) electrons. The van der Waals surface area contributed by atoms with Crippen LogP contribution in [0.25, 0.3) is 0 Å². The number of nitrogens with one attached hydrogen (secondary N) is 1. The lowest BCUT2D eigenvalue weighted by atomic mass is 9.96. The van der Waals surface area contributed by atoms with Crippen LogP contribution in [-0.4, -0.2) is 35.3 Å². The molecule has 0 aromatic heterocycles. The number of benzene rings is 1. The number of hydrogen-bond donors (Lipinski definition) is 1. The quantitative estimate of drug-likeness (QED) is 0.919. The van der Waals surface area contributed by atoms with Crippen molar-refractivity contribution in [2.45, 2.75) is 44.7 Å². The van der Waals surface area contributed by atoms with Crippen LogP contribution in [0.1, 0.15) is 38.2 Å². The van der Waals surface area contributed by atoms with E-state index in [9.17, 15) is 9.59 Å². The number of nitrogens with zero attached hydrogens (tertiary/aromatic N) is 1. The second kappa shape index (κ2) is 5.51. The van der Waals surface area contributed by atoms with Gasteiger partial charge in [0.1, 0.15) is 6.04 Å². The summed E-state index contributed by atoms with van der Waals surface area (Å²) >= 11 is 0. The standard InChI is InChI=1S/C17H22N2O2/c1-3-11(2)16-17(21)19(10-15(20)18-16)14-9-13(14)12-7-5-4-6-8-12/h4-8,11,13-14,16H,3,9-10H2,1-2H3,(H,18,20). The molecule has 0 bridgehead atoms. The van der Waals surface area contributed by atoms with Gasteiger partial charge >= 0.3 is 0 Å². The number of rotatable bonds is 4. The molecule has 4 atom stereocenters. The summed E-state index contributed by atoms with van der Waals surface area (Å²) < 4.78 is 0. The van der Waals surface area contributed by atoms with Crippen molar-refractivity contribution < 1.29 is 9.59 Å². The third-order valence-corrected chi connectivity index (χ3v) is 4.78. The van der Waals surface area contributed by atoms with E-state index in [0.29, 0.717) is 5.92 Å². The van der Waals surface area contributed by atoms with Gasteiger partial charge in [-0.15, -0.1) is 0 Å². The Morgan fingerprint density at radius 1 is 1.29 bits per heavy atom. The minimum atomic E-state index is -0.353. The molecule has 1 heterocycles. The first-order chi connectivity index (χ1) is 10.1. The third kappa shape index (κ3) is 2.67. The molecule has 2 amide bonds. The second-order valence-corrected chi connectivity index (χ2v) is 6.22. The molecular formula is C17H22N2O2. The number of hydrogen-bond acceptors (Lipinski definition) is 2. The van der Waals surface area contributed by atoms with Crippen molar-refractivity contribution in [3.63, 3.8) is 0 Å². The van der Waals surface area contributed by atoms with E-state index in [1.54, 1.807) is 4.90 Å². The van der Waals surface area contributed by atoms with E-state index in [4.69, 9.17) is 0 Å². The fourth-order valence-electron chi connectivity index (χ4n) is 3.18. The summed E-state index contributed by atoms with van der Waals surface area (Å²) in [4.78, 5) is 26.4. The summed E-state index contributed by atoms with van der Waals surface area (Å²) in [5.74, 6) is 0.628. The molecule has 3 rings (SSSR count). The Morgan fingerprint density at radius 3 is 2.67 bits per heavy atom. The van der Waals surface area contributed by atoms with Gasteiger partial charge in [-0.1, -0.05) is 50.6 Å². The lowest BCUT2D eigenvalue weighted by molar-refractivity contribution is -0.146. The highest BCUT2D eigenvalue weighted by molar-refractivity contribution is 5.95. The van der Waals surface area contributed by atoms with Crippen molar-refractivity contribution in [1.29, 1.82) is 0 Å². The molecule has 0 spiro atoms. The minimum Gasteiger partial charge on any atom is -0.342 e. The van der Waals surface area contributed by atoms with E-state index in [1.807, 2.05) is 32.0 Å². The van der Waals surface area contributed by atoms with Gasteiger partial charge in [0.2, 0.25) is 11.8 Å². The van der Waals surface area contributed by atoms with Gasteiger partial charge in [-0.05, 0) is 17.9 Å². The lowest BCUT2D eigenvalue weighted by Gasteiger charge is -2.35. The number of amides is 2. The van der Waals surface area contributed by atoms with Gasteiger partial charge in [0.05, 0.1) is 6.54 Å². The van der Waals surface area contributed by atoms with E-state index < -0.39 is 0 Å². The van der Waals surface area contributed by atoms with Crippen molar-refractivity contribution in [2.24, 2.45) is 5.92 Å². The first-order valence-corrected chi connectivity index (χ1v) is 7.76. The average molecular weight is 286 g/mol. The van der Waals surface area contributed by atoms with Crippen LogP contribution < -0.4 is 5.32 Å². The minimum absolute atomic E-state index is 0.0291. The number of carbonyl (C=O) groups is 2. The molecule has 1 saturated carbocycles. The fraction of sp³-hybridized carbons (Fsp3) is 0.529. The third-order valence-electron chi connectivity index (χ3n) is 4.78. The van der Waals surface area contributed by atoms with Crippen LogP contribution in [-0.2, 0) is 9.59 Å². The van der Waals surface area contributed by atoms with E-state index in [2.05, 4.69) is 17.4 Å². The second-order valence-electron chi connectivity index (χ2n) is 6.22. The summed E-state index contributed by atoms with van der Waals surface area (Å²) in [6, 6.07) is 10.1.